The molecule has 1 unspecified atom stereocenters. The lowest BCUT2D eigenvalue weighted by Gasteiger charge is -2.35. The average Bonchev–Trinajstić information content (AvgIpc) is 2.30. The monoisotopic (exact) mass is 268 g/mol. The quantitative estimate of drug-likeness (QED) is 0.468. The van der Waals surface area contributed by atoms with E-state index in [4.69, 9.17) is 12.2 Å². The molecule has 0 amide bonds. The number of halogens is 1. The summed E-state index contributed by atoms with van der Waals surface area (Å²) in [7, 11) is 0. The summed E-state index contributed by atoms with van der Waals surface area (Å²) in [6, 6.07) is 3.61. The molecule has 0 bridgehead atoms. The van der Waals surface area contributed by atoms with Gasteiger partial charge in [0.2, 0.25) is 0 Å². The fourth-order valence-electron chi connectivity index (χ4n) is 2.22. The van der Waals surface area contributed by atoms with Crippen LogP contribution in [-0.2, 0) is 0 Å². The third kappa shape index (κ3) is 2.33. The molecule has 1 atom stereocenters. The summed E-state index contributed by atoms with van der Waals surface area (Å²) in [6.07, 6.45) is 2.61. The third-order valence-corrected chi connectivity index (χ3v) is 3.52. The zero-order valence-electron chi connectivity index (χ0n) is 9.93. The molecule has 1 aliphatic rings. The van der Waals surface area contributed by atoms with Crippen molar-refractivity contribution in [1.82, 2.24) is 0 Å². The van der Waals surface area contributed by atoms with Gasteiger partial charge in [0, 0.05) is 18.2 Å². The molecule has 1 aliphatic heterocycles. The smallest absolute Gasteiger partial charge is 0.271 e. The Labute approximate surface area is 110 Å². The highest BCUT2D eigenvalue weighted by molar-refractivity contribution is 7.80. The number of nitro groups is 1. The van der Waals surface area contributed by atoms with Crippen LogP contribution in [0.5, 0.6) is 0 Å². The van der Waals surface area contributed by atoms with Gasteiger partial charge in [-0.05, 0) is 32.3 Å². The maximum atomic E-state index is 13.8. The van der Waals surface area contributed by atoms with Crippen LogP contribution in [0.2, 0.25) is 0 Å². The second-order valence-electron chi connectivity index (χ2n) is 4.40. The predicted octanol–water partition coefficient (Wildman–Crippen LogP) is 3.44. The van der Waals surface area contributed by atoms with Crippen molar-refractivity contribution in [3.8, 4) is 0 Å². The minimum Gasteiger partial charge on any atom is -0.331 e. The van der Waals surface area contributed by atoms with Crippen molar-refractivity contribution in [2.45, 2.75) is 32.2 Å². The molecular weight excluding hydrogens is 255 g/mol. The van der Waals surface area contributed by atoms with Crippen LogP contribution in [0.4, 0.5) is 15.8 Å². The lowest BCUT2D eigenvalue weighted by Crippen LogP contribution is -2.41. The molecule has 1 aromatic carbocycles. The molecule has 4 nitrogen and oxygen atoms in total. The zero-order valence-corrected chi connectivity index (χ0v) is 10.7. The zero-order chi connectivity index (χ0) is 13.3. The molecule has 1 heterocycles. The maximum Gasteiger partial charge on any atom is 0.271 e. The topological polar surface area (TPSA) is 46.4 Å². The van der Waals surface area contributed by atoms with Gasteiger partial charge < -0.3 is 4.90 Å². The van der Waals surface area contributed by atoms with Gasteiger partial charge in [0.25, 0.3) is 5.69 Å². The molecule has 0 aliphatic carbocycles. The van der Waals surface area contributed by atoms with E-state index in [0.29, 0.717) is 4.99 Å². The summed E-state index contributed by atoms with van der Waals surface area (Å²) in [5.74, 6) is -0.475. The summed E-state index contributed by atoms with van der Waals surface area (Å²) < 4.78 is 13.8. The number of rotatable bonds is 2. The van der Waals surface area contributed by atoms with Crippen molar-refractivity contribution in [1.29, 1.82) is 0 Å². The minimum atomic E-state index is -0.527. The van der Waals surface area contributed by atoms with Gasteiger partial charge in [-0.1, -0.05) is 12.2 Å². The van der Waals surface area contributed by atoms with Crippen LogP contribution < -0.4 is 4.90 Å². The van der Waals surface area contributed by atoms with E-state index in [9.17, 15) is 14.5 Å². The Kier molecular flexibility index (Phi) is 3.56. The summed E-state index contributed by atoms with van der Waals surface area (Å²) >= 11 is 5.24. The third-order valence-electron chi connectivity index (χ3n) is 3.12. The number of anilines is 1. The number of hydrogen-bond acceptors (Lipinski definition) is 3. The molecule has 1 fully saturated rings. The van der Waals surface area contributed by atoms with Crippen LogP contribution in [0.1, 0.15) is 26.2 Å². The fraction of sp³-hybridized carbons (Fsp3) is 0.417. The van der Waals surface area contributed by atoms with E-state index in [1.165, 1.54) is 6.07 Å². The minimum absolute atomic E-state index is 0.0720. The molecule has 2 rings (SSSR count). The molecule has 6 heteroatoms. The Bertz CT molecular complexity index is 507. The molecule has 96 valence electrons. The number of nitrogens with zero attached hydrogens (tertiary/aromatic N) is 2. The number of benzene rings is 1. The largest absolute Gasteiger partial charge is 0.331 e. The van der Waals surface area contributed by atoms with Crippen molar-refractivity contribution in [3.63, 3.8) is 0 Å². The first kappa shape index (κ1) is 12.9. The predicted molar refractivity (Wildman–Crippen MR) is 71.4 cm³/mol. The van der Waals surface area contributed by atoms with E-state index in [0.717, 1.165) is 31.4 Å². The van der Waals surface area contributed by atoms with E-state index in [1.54, 1.807) is 4.90 Å². The van der Waals surface area contributed by atoms with E-state index < -0.39 is 10.7 Å². The van der Waals surface area contributed by atoms with Crippen molar-refractivity contribution in [2.75, 3.05) is 4.90 Å². The normalized spacial score (nSPS) is 20.0. The van der Waals surface area contributed by atoms with Gasteiger partial charge in [-0.15, -0.1) is 0 Å². The molecule has 0 N–H and O–H groups in total. The number of piperidine rings is 1. The van der Waals surface area contributed by atoms with E-state index in [2.05, 4.69) is 0 Å². The molecule has 0 radical (unpaired) electrons. The van der Waals surface area contributed by atoms with Gasteiger partial charge in [0.1, 0.15) is 5.82 Å². The SMILES string of the molecule is CC1CCCC(=S)N1c1cc([N+](=O)[O-])ccc1F. The first-order valence-electron chi connectivity index (χ1n) is 5.76. The van der Waals surface area contributed by atoms with Gasteiger partial charge in [-0.25, -0.2) is 4.39 Å². The van der Waals surface area contributed by atoms with Gasteiger partial charge in [0.05, 0.1) is 15.6 Å². The van der Waals surface area contributed by atoms with Crippen molar-refractivity contribution < 1.29 is 9.31 Å². The second-order valence-corrected chi connectivity index (χ2v) is 4.87. The summed E-state index contributed by atoms with van der Waals surface area (Å²) in [4.78, 5) is 12.6. The van der Waals surface area contributed by atoms with Crippen molar-refractivity contribution in [3.05, 3.63) is 34.1 Å². The average molecular weight is 268 g/mol. The van der Waals surface area contributed by atoms with Crippen LogP contribution in [0.25, 0.3) is 0 Å². The van der Waals surface area contributed by atoms with E-state index in [-0.39, 0.29) is 17.4 Å². The van der Waals surface area contributed by atoms with Crippen LogP contribution in [0, 0.1) is 15.9 Å². The molecular formula is C12H13FN2O2S. The highest BCUT2D eigenvalue weighted by Gasteiger charge is 2.26. The fourth-order valence-corrected chi connectivity index (χ4v) is 2.64. The van der Waals surface area contributed by atoms with Crippen molar-refractivity contribution in [2.24, 2.45) is 0 Å². The Morgan fingerprint density at radius 3 is 2.89 bits per heavy atom. The lowest BCUT2D eigenvalue weighted by molar-refractivity contribution is -0.384. The van der Waals surface area contributed by atoms with E-state index in [1.807, 2.05) is 6.92 Å². The van der Waals surface area contributed by atoms with Crippen LogP contribution in [0.3, 0.4) is 0 Å². The summed E-state index contributed by atoms with van der Waals surface area (Å²) in [6.45, 7) is 1.95. The molecule has 1 saturated heterocycles. The highest BCUT2D eigenvalue weighted by Crippen LogP contribution is 2.31. The van der Waals surface area contributed by atoms with Gasteiger partial charge in [-0.2, -0.15) is 0 Å². The number of nitro benzene ring substituents is 1. The molecule has 18 heavy (non-hydrogen) atoms. The molecule has 0 spiro atoms. The van der Waals surface area contributed by atoms with Gasteiger partial charge in [-0.3, -0.25) is 10.1 Å². The first-order valence-corrected chi connectivity index (χ1v) is 6.17. The summed E-state index contributed by atoms with van der Waals surface area (Å²) in [5, 5.41) is 10.7. The lowest BCUT2D eigenvalue weighted by atomic mass is 10.0. The Hall–Kier alpha value is -1.56. The van der Waals surface area contributed by atoms with Crippen molar-refractivity contribution >= 4 is 28.6 Å². The molecule has 0 aromatic heterocycles. The Balaban J connectivity index is 2.45. The van der Waals surface area contributed by atoms with Crippen LogP contribution in [-0.4, -0.2) is 16.0 Å². The van der Waals surface area contributed by atoms with Crippen LogP contribution in [0.15, 0.2) is 18.2 Å². The second kappa shape index (κ2) is 4.97. The number of thiocarbonyl (C=S) groups is 1. The molecule has 0 saturated carbocycles. The first-order chi connectivity index (χ1) is 8.50. The number of hydrogen-bond donors (Lipinski definition) is 0. The number of non-ortho nitro benzene ring substituents is 1. The highest BCUT2D eigenvalue weighted by atomic mass is 32.1. The Morgan fingerprint density at radius 1 is 1.56 bits per heavy atom. The standard InChI is InChI=1S/C12H13FN2O2S/c1-8-3-2-4-12(18)14(8)11-7-9(15(16)17)5-6-10(11)13/h5-8H,2-4H2,1H3. The van der Waals surface area contributed by atoms with Crippen LogP contribution >= 0.6 is 12.2 Å². The summed E-state index contributed by atoms with van der Waals surface area (Å²) in [5.41, 5.74) is 0.0911. The maximum absolute atomic E-state index is 13.8. The Morgan fingerprint density at radius 2 is 2.28 bits per heavy atom. The van der Waals surface area contributed by atoms with E-state index >= 15 is 0 Å². The van der Waals surface area contributed by atoms with Gasteiger partial charge >= 0.3 is 0 Å². The van der Waals surface area contributed by atoms with Gasteiger partial charge in [0.15, 0.2) is 0 Å². The molecule has 1 aromatic rings.